The largest absolute Gasteiger partial charge is 0.385 e. The van der Waals surface area contributed by atoms with E-state index >= 15 is 0 Å². The molecule has 1 aliphatic carbocycles. The topological polar surface area (TPSA) is 0 Å². The summed E-state index contributed by atoms with van der Waals surface area (Å²) in [5.41, 5.74) is 0. The van der Waals surface area contributed by atoms with Gasteiger partial charge in [0.05, 0.1) is 0 Å². The highest BCUT2D eigenvalue weighted by Gasteiger charge is 3.01. The highest BCUT2D eigenvalue weighted by Crippen LogP contribution is 2.70. The predicted octanol–water partition coefficient (Wildman–Crippen LogP) is 8.13. The second-order valence-electron chi connectivity index (χ2n) is 7.21. The first-order valence-corrected chi connectivity index (χ1v) is 7.97. The number of hydrogen-bond acceptors (Lipinski definition) is 0. The fourth-order valence-electron chi connectivity index (χ4n) is 2.44. The van der Waals surface area contributed by atoms with Crippen molar-refractivity contribution in [3.8, 4) is 0 Å². The lowest BCUT2D eigenvalue weighted by atomic mass is 9.85. The molecule has 1 saturated carbocycles. The first-order chi connectivity index (χ1) is 15.9. The average Bonchev–Trinajstić information content (AvgIpc) is 2.70. The Morgan fingerprint density at radius 2 is 0.316 bits per heavy atom. The van der Waals surface area contributed by atoms with Gasteiger partial charge < -0.3 is 0 Å². The third kappa shape index (κ3) is 3.17. The van der Waals surface area contributed by atoms with Crippen molar-refractivity contribution in [2.45, 2.75) is 71.1 Å². The molecule has 0 unspecified atom stereocenters. The van der Waals surface area contributed by atoms with Gasteiger partial charge in [-0.3, -0.25) is 0 Å². The second kappa shape index (κ2) is 7.71. The van der Waals surface area contributed by atoms with Gasteiger partial charge in [-0.25, -0.2) is 4.39 Å². The van der Waals surface area contributed by atoms with Gasteiger partial charge in [-0.05, 0) is 0 Å². The highest BCUT2D eigenvalue weighted by molar-refractivity contribution is 5.26. The minimum absolute atomic E-state index is 6.52. The van der Waals surface area contributed by atoms with Crippen LogP contribution in [0.15, 0.2) is 0 Å². The van der Waals surface area contributed by atoms with Crippen LogP contribution < -0.4 is 0 Å². The maximum absolute atomic E-state index is 13.4. The van der Waals surface area contributed by atoms with Crippen LogP contribution in [0.4, 0.5) is 110 Å². The molecule has 227 valence electrons. The van der Waals surface area contributed by atoms with Crippen LogP contribution in [-0.4, -0.2) is 71.1 Å². The zero-order chi connectivity index (χ0) is 31.6. The molecule has 0 spiro atoms. The zero-order valence-corrected chi connectivity index (χ0v) is 15.9. The van der Waals surface area contributed by atoms with Gasteiger partial charge in [0.25, 0.3) is 6.17 Å². The smallest absolute Gasteiger partial charge is 0.226 e. The van der Waals surface area contributed by atoms with E-state index in [0.717, 1.165) is 0 Å². The molecule has 1 radical (unpaired) electrons. The molecule has 1 rings (SSSR count). The van der Waals surface area contributed by atoms with Crippen LogP contribution in [0.3, 0.4) is 0 Å². The standard InChI is InChI=1S/C13F25/c14-1-2(15,16)4(19,20)6(23,24)8(27,28)10(31,32)12(35,36)13(37,38)11(33,34)9(29,30)7(25,26)5(21,22)3(1,17)18. The SMILES string of the molecule is F[C]1C(F)(F)C(F)(F)C(F)(F)C(F)(F)C(F)(F)C(F)(F)C(F)(F)C(F)(F)C(F)(F)C(F)(F)C(F)(F)C1(F)F. The van der Waals surface area contributed by atoms with Gasteiger partial charge in [-0.2, -0.15) is 105 Å². The van der Waals surface area contributed by atoms with Crippen molar-refractivity contribution in [3.63, 3.8) is 0 Å². The Morgan fingerprint density at radius 1 is 0.211 bits per heavy atom. The summed E-state index contributed by atoms with van der Waals surface area (Å²) in [5.74, 6) is -112. The lowest BCUT2D eigenvalue weighted by Crippen LogP contribution is -2.77. The molecule has 1 fully saturated rings. The van der Waals surface area contributed by atoms with Gasteiger partial charge in [0.2, 0.25) is 0 Å². The number of hydrogen-bond donors (Lipinski definition) is 0. The fourth-order valence-corrected chi connectivity index (χ4v) is 2.44. The van der Waals surface area contributed by atoms with E-state index in [2.05, 4.69) is 0 Å². The van der Waals surface area contributed by atoms with Gasteiger partial charge in [0.1, 0.15) is 0 Å². The minimum Gasteiger partial charge on any atom is -0.226 e. The number of halogens is 25. The summed E-state index contributed by atoms with van der Waals surface area (Å²) in [7, 11) is 0. The molecular formula is C13F25. The van der Waals surface area contributed by atoms with Crippen LogP contribution in [0.5, 0.6) is 0 Å². The van der Waals surface area contributed by atoms with Crippen molar-refractivity contribution in [3.05, 3.63) is 6.17 Å². The fraction of sp³-hybridized carbons (Fsp3) is 0.923. The summed E-state index contributed by atoms with van der Waals surface area (Å²) in [6, 6.07) is 0. The van der Waals surface area contributed by atoms with Crippen molar-refractivity contribution < 1.29 is 110 Å². The van der Waals surface area contributed by atoms with Crippen molar-refractivity contribution in [2.75, 3.05) is 0 Å². The van der Waals surface area contributed by atoms with Crippen molar-refractivity contribution >= 4 is 0 Å². The van der Waals surface area contributed by atoms with Crippen LogP contribution >= 0.6 is 0 Å². The third-order valence-corrected chi connectivity index (χ3v) is 4.89. The van der Waals surface area contributed by atoms with Gasteiger partial charge >= 0.3 is 71.1 Å². The lowest BCUT2D eigenvalue weighted by Gasteiger charge is -2.44. The van der Waals surface area contributed by atoms with Crippen LogP contribution in [0.25, 0.3) is 0 Å². The molecule has 0 aromatic rings. The lowest BCUT2D eigenvalue weighted by molar-refractivity contribution is -0.473. The molecule has 0 N–H and O–H groups in total. The predicted molar refractivity (Wildman–Crippen MR) is 63.7 cm³/mol. The maximum Gasteiger partial charge on any atom is 0.385 e. The monoisotopic (exact) mass is 631 g/mol. The van der Waals surface area contributed by atoms with Crippen molar-refractivity contribution in [2.24, 2.45) is 0 Å². The first kappa shape index (κ1) is 34.3. The van der Waals surface area contributed by atoms with Gasteiger partial charge in [-0.1, -0.05) is 0 Å². The zero-order valence-electron chi connectivity index (χ0n) is 15.9. The van der Waals surface area contributed by atoms with Crippen molar-refractivity contribution in [1.82, 2.24) is 0 Å². The summed E-state index contributed by atoms with van der Waals surface area (Å²) < 4.78 is 335. The summed E-state index contributed by atoms with van der Waals surface area (Å²) in [4.78, 5) is 0. The molecule has 0 aromatic carbocycles. The molecule has 25 heteroatoms. The quantitative estimate of drug-likeness (QED) is 0.237. The Labute approximate surface area is 188 Å². The van der Waals surface area contributed by atoms with Crippen LogP contribution in [0.1, 0.15) is 0 Å². The van der Waals surface area contributed by atoms with E-state index in [4.69, 9.17) is 0 Å². The molecule has 0 aromatic heterocycles. The summed E-state index contributed by atoms with van der Waals surface area (Å²) >= 11 is 0. The third-order valence-electron chi connectivity index (χ3n) is 4.89. The molecule has 0 atom stereocenters. The molecule has 0 bridgehead atoms. The average molecular weight is 631 g/mol. The van der Waals surface area contributed by atoms with Crippen molar-refractivity contribution in [1.29, 1.82) is 0 Å². The van der Waals surface area contributed by atoms with E-state index in [1.807, 2.05) is 0 Å². The summed E-state index contributed by atoms with van der Waals surface area (Å²) in [5, 5.41) is 0. The molecule has 0 aliphatic heterocycles. The van der Waals surface area contributed by atoms with Crippen LogP contribution in [0.2, 0.25) is 0 Å². The molecule has 0 heterocycles. The molecule has 0 nitrogen and oxygen atoms in total. The van der Waals surface area contributed by atoms with E-state index in [1.54, 1.807) is 0 Å². The van der Waals surface area contributed by atoms with E-state index in [9.17, 15) is 110 Å². The Balaban J connectivity index is 4.56. The van der Waals surface area contributed by atoms with Gasteiger partial charge in [0.15, 0.2) is 0 Å². The first-order valence-electron chi connectivity index (χ1n) is 7.97. The van der Waals surface area contributed by atoms with E-state index in [-0.39, 0.29) is 0 Å². The molecule has 0 amide bonds. The summed E-state index contributed by atoms with van der Waals surface area (Å²) in [6.45, 7) is 0. The van der Waals surface area contributed by atoms with E-state index in [1.165, 1.54) is 0 Å². The summed E-state index contributed by atoms with van der Waals surface area (Å²) in [6.07, 6.45) is -6.52. The van der Waals surface area contributed by atoms with Crippen LogP contribution in [-0.2, 0) is 0 Å². The minimum atomic E-state index is -9.52. The van der Waals surface area contributed by atoms with E-state index in [0.29, 0.717) is 0 Å². The molecule has 1 aliphatic rings. The molecule has 0 saturated heterocycles. The van der Waals surface area contributed by atoms with Gasteiger partial charge in [-0.15, -0.1) is 0 Å². The molecule has 38 heavy (non-hydrogen) atoms. The van der Waals surface area contributed by atoms with Crippen LogP contribution in [0, 0.1) is 6.17 Å². The normalized spacial score (nSPS) is 33.7. The van der Waals surface area contributed by atoms with E-state index < -0.39 is 77.2 Å². The highest BCUT2D eigenvalue weighted by atomic mass is 19.4. The molecular weight excluding hydrogens is 631 g/mol. The Morgan fingerprint density at radius 3 is 0.447 bits per heavy atom. The maximum atomic E-state index is 13.4. The Kier molecular flexibility index (Phi) is 6.95. The second-order valence-corrected chi connectivity index (χ2v) is 7.21. The Bertz CT molecular complexity index is 848. The Hall–Kier alpha value is -1.75. The number of alkyl halides is 24. The number of rotatable bonds is 0. The van der Waals surface area contributed by atoms with Gasteiger partial charge in [0, 0.05) is 0 Å².